The number of benzene rings is 3. The van der Waals surface area contributed by atoms with Gasteiger partial charge >= 0.3 is 0 Å². The number of anilines is 1. The lowest BCUT2D eigenvalue weighted by atomic mass is 9.87. The molecule has 6 rings (SSSR count). The summed E-state index contributed by atoms with van der Waals surface area (Å²) >= 11 is 7.52. The number of nitrogens with one attached hydrogen (secondary N) is 2. The molecule has 0 radical (unpaired) electrons. The standard InChI is InChI=1S/C33H29ClN4O6S/c1-40-26-12-17(6-9-25(26)44-24-10-11-35-23-15-19(34)7-8-20(23)24)21-16-22(36-31-29(21)32(39)38-33(37-31)45-5)18-13-27(41-2)30(43-4)28(14-18)42-3/h6-16,21H,1-5H3,(H2,36,37,38,39). The molecule has 0 fully saturated rings. The van der Waals surface area contributed by atoms with Crippen LogP contribution in [0, 0.1) is 0 Å². The Morgan fingerprint density at radius 3 is 2.29 bits per heavy atom. The van der Waals surface area contributed by atoms with Gasteiger partial charge in [-0.2, -0.15) is 0 Å². The van der Waals surface area contributed by atoms with E-state index in [0.717, 1.165) is 16.5 Å². The van der Waals surface area contributed by atoms with Crippen LogP contribution in [0.4, 0.5) is 5.82 Å². The second kappa shape index (κ2) is 12.6. The van der Waals surface area contributed by atoms with Gasteiger partial charge in [0.25, 0.3) is 5.56 Å². The summed E-state index contributed by atoms with van der Waals surface area (Å²) in [4.78, 5) is 25.5. The number of hydrogen-bond donors (Lipinski definition) is 2. The van der Waals surface area contributed by atoms with Crippen molar-refractivity contribution in [1.82, 2.24) is 15.0 Å². The molecule has 2 N–H and O–H groups in total. The van der Waals surface area contributed by atoms with Crippen molar-refractivity contribution in [2.75, 3.05) is 40.0 Å². The van der Waals surface area contributed by atoms with Crippen LogP contribution in [0.5, 0.6) is 34.5 Å². The molecule has 2 aromatic heterocycles. The van der Waals surface area contributed by atoms with Crippen LogP contribution >= 0.6 is 23.4 Å². The highest BCUT2D eigenvalue weighted by molar-refractivity contribution is 7.98. The molecule has 230 valence electrons. The average molecular weight is 645 g/mol. The van der Waals surface area contributed by atoms with Crippen molar-refractivity contribution in [3.05, 3.63) is 98.9 Å². The highest BCUT2D eigenvalue weighted by Crippen LogP contribution is 2.44. The molecule has 45 heavy (non-hydrogen) atoms. The molecule has 0 spiro atoms. The van der Waals surface area contributed by atoms with Gasteiger partial charge in [-0.05, 0) is 66.4 Å². The Balaban J connectivity index is 1.46. The number of allylic oxidation sites excluding steroid dienone is 1. The van der Waals surface area contributed by atoms with Gasteiger partial charge in [0.15, 0.2) is 28.2 Å². The molecule has 0 bridgehead atoms. The normalized spacial score (nSPS) is 13.8. The van der Waals surface area contributed by atoms with Gasteiger partial charge in [-0.1, -0.05) is 29.4 Å². The van der Waals surface area contributed by atoms with Crippen molar-refractivity contribution in [3.63, 3.8) is 0 Å². The van der Waals surface area contributed by atoms with Crippen LogP contribution in [0.15, 0.2) is 76.8 Å². The zero-order valence-corrected chi connectivity index (χ0v) is 26.6. The number of thioether (sulfide) groups is 1. The highest BCUT2D eigenvalue weighted by atomic mass is 35.5. The van der Waals surface area contributed by atoms with Gasteiger partial charge in [-0.3, -0.25) is 9.78 Å². The van der Waals surface area contributed by atoms with Crippen LogP contribution in [0.3, 0.4) is 0 Å². The third kappa shape index (κ3) is 5.72. The lowest BCUT2D eigenvalue weighted by molar-refractivity contribution is 0.324. The number of rotatable bonds is 9. The van der Waals surface area contributed by atoms with E-state index in [1.165, 1.54) is 11.8 Å². The van der Waals surface area contributed by atoms with E-state index in [-0.39, 0.29) is 5.56 Å². The molecule has 5 aromatic rings. The summed E-state index contributed by atoms with van der Waals surface area (Å²) in [5.74, 6) is 3.00. The molecule has 10 nitrogen and oxygen atoms in total. The molecule has 0 aliphatic carbocycles. The van der Waals surface area contributed by atoms with E-state index in [4.69, 9.17) is 40.3 Å². The number of pyridine rings is 1. The molecule has 0 saturated heterocycles. The maximum atomic E-state index is 13.5. The molecule has 0 amide bonds. The van der Waals surface area contributed by atoms with Gasteiger partial charge in [-0.15, -0.1) is 0 Å². The summed E-state index contributed by atoms with van der Waals surface area (Å²) in [7, 11) is 6.25. The maximum Gasteiger partial charge on any atom is 0.257 e. The number of nitrogens with zero attached hydrogens (tertiary/aromatic N) is 2. The summed E-state index contributed by atoms with van der Waals surface area (Å²) in [6.45, 7) is 0. The Morgan fingerprint density at radius 2 is 1.60 bits per heavy atom. The predicted octanol–water partition coefficient (Wildman–Crippen LogP) is 7.12. The Labute approximate surface area is 268 Å². The van der Waals surface area contributed by atoms with E-state index in [1.54, 1.807) is 52.8 Å². The molecule has 12 heteroatoms. The number of H-pyrrole nitrogens is 1. The van der Waals surface area contributed by atoms with Crippen LogP contribution in [-0.4, -0.2) is 49.6 Å². The average Bonchev–Trinajstić information content (AvgIpc) is 3.06. The number of halogens is 1. The first-order chi connectivity index (χ1) is 21.9. The molecular weight excluding hydrogens is 616 g/mol. The third-order valence-corrected chi connectivity index (χ3v) is 8.25. The molecular formula is C33H29ClN4O6S. The quantitative estimate of drug-likeness (QED) is 0.127. The molecule has 1 unspecified atom stereocenters. The molecule has 0 saturated carbocycles. The SMILES string of the molecule is COc1cc(C2C=C(c3cc(OC)c(OC)c(OC)c3)Nc3nc(SC)[nH]c(=O)c32)ccc1Oc1ccnc2cc(Cl)ccc12. The van der Waals surface area contributed by atoms with Gasteiger partial charge in [0.1, 0.15) is 11.6 Å². The summed E-state index contributed by atoms with van der Waals surface area (Å²) in [5, 5.41) is 5.24. The van der Waals surface area contributed by atoms with E-state index in [1.807, 2.05) is 48.7 Å². The second-order valence-corrected chi connectivity index (χ2v) is 11.1. The smallest absolute Gasteiger partial charge is 0.257 e. The monoisotopic (exact) mass is 644 g/mol. The van der Waals surface area contributed by atoms with Gasteiger partial charge in [0.05, 0.1) is 39.5 Å². The Morgan fingerprint density at radius 1 is 0.844 bits per heavy atom. The van der Waals surface area contributed by atoms with Crippen LogP contribution in [0.25, 0.3) is 16.6 Å². The zero-order chi connectivity index (χ0) is 31.7. The van der Waals surface area contributed by atoms with Crippen LogP contribution in [0.2, 0.25) is 5.02 Å². The summed E-state index contributed by atoms with van der Waals surface area (Å²) in [6, 6.07) is 16.5. The highest BCUT2D eigenvalue weighted by Gasteiger charge is 2.29. The molecule has 1 aliphatic rings. The van der Waals surface area contributed by atoms with Crippen molar-refractivity contribution in [3.8, 4) is 34.5 Å². The van der Waals surface area contributed by atoms with E-state index >= 15 is 0 Å². The number of fused-ring (bicyclic) bond motifs is 2. The minimum atomic E-state index is -0.491. The molecule has 1 atom stereocenters. The number of methoxy groups -OCH3 is 4. The van der Waals surface area contributed by atoms with E-state index in [9.17, 15) is 4.79 Å². The van der Waals surface area contributed by atoms with Crippen LogP contribution in [0.1, 0.15) is 22.6 Å². The van der Waals surface area contributed by atoms with Crippen LogP contribution in [-0.2, 0) is 0 Å². The van der Waals surface area contributed by atoms with Crippen molar-refractivity contribution in [1.29, 1.82) is 0 Å². The minimum Gasteiger partial charge on any atom is -0.493 e. The Bertz CT molecular complexity index is 1990. The second-order valence-electron chi connectivity index (χ2n) is 9.92. The topological polar surface area (TPSA) is 117 Å². The van der Waals surface area contributed by atoms with E-state index < -0.39 is 5.92 Å². The fourth-order valence-electron chi connectivity index (χ4n) is 5.29. The summed E-state index contributed by atoms with van der Waals surface area (Å²) in [6.07, 6.45) is 5.48. The number of aromatic amines is 1. The van der Waals surface area contributed by atoms with Gasteiger partial charge in [0, 0.05) is 33.8 Å². The summed E-state index contributed by atoms with van der Waals surface area (Å²) < 4.78 is 28.8. The van der Waals surface area contributed by atoms with Gasteiger partial charge in [0.2, 0.25) is 5.75 Å². The van der Waals surface area contributed by atoms with Crippen molar-refractivity contribution in [2.45, 2.75) is 11.1 Å². The maximum absolute atomic E-state index is 13.5. The number of aromatic nitrogens is 3. The zero-order valence-electron chi connectivity index (χ0n) is 25.1. The first kappa shape index (κ1) is 30.2. The van der Waals surface area contributed by atoms with Gasteiger partial charge in [-0.25, -0.2) is 4.98 Å². The lowest BCUT2D eigenvalue weighted by Gasteiger charge is -2.26. The molecule has 3 heterocycles. The van der Waals surface area contributed by atoms with Crippen molar-refractivity contribution < 1.29 is 23.7 Å². The van der Waals surface area contributed by atoms with E-state index in [0.29, 0.717) is 67.3 Å². The Kier molecular flexibility index (Phi) is 8.46. The third-order valence-electron chi connectivity index (χ3n) is 7.43. The first-order valence-corrected chi connectivity index (χ1v) is 15.3. The number of ether oxygens (including phenoxy) is 5. The summed E-state index contributed by atoms with van der Waals surface area (Å²) in [5.41, 5.74) is 3.19. The fourth-order valence-corrected chi connectivity index (χ4v) is 5.84. The Hall–Kier alpha value is -4.87. The molecule has 3 aromatic carbocycles. The van der Waals surface area contributed by atoms with Crippen LogP contribution < -0.4 is 34.6 Å². The molecule has 1 aliphatic heterocycles. The lowest BCUT2D eigenvalue weighted by Crippen LogP contribution is -2.25. The minimum absolute atomic E-state index is 0.247. The van der Waals surface area contributed by atoms with Crippen molar-refractivity contribution in [2.24, 2.45) is 0 Å². The largest absolute Gasteiger partial charge is 0.493 e. The predicted molar refractivity (Wildman–Crippen MR) is 176 cm³/mol. The van der Waals surface area contributed by atoms with Gasteiger partial charge < -0.3 is 34.0 Å². The van der Waals surface area contributed by atoms with E-state index in [2.05, 4.69) is 15.3 Å². The number of hydrogen-bond acceptors (Lipinski definition) is 10. The fraction of sp³-hybridized carbons (Fsp3) is 0.182. The van der Waals surface area contributed by atoms with Crippen molar-refractivity contribution >= 4 is 45.8 Å². The first-order valence-electron chi connectivity index (χ1n) is 13.7.